The molecule has 5 nitrogen and oxygen atoms in total. The van der Waals surface area contributed by atoms with E-state index in [-0.39, 0.29) is 17.4 Å². The SMILES string of the molecule is CO[C@H](C)c1nc(CN(C)[C@@H]2CCCC[C@@H]2S(C)(=O)=O)cs1. The zero-order chi connectivity index (χ0) is 16.3. The number of aromatic nitrogens is 1. The van der Waals surface area contributed by atoms with Gasteiger partial charge < -0.3 is 4.74 Å². The summed E-state index contributed by atoms with van der Waals surface area (Å²) < 4.78 is 29.3. The van der Waals surface area contributed by atoms with Gasteiger partial charge in [-0.25, -0.2) is 13.4 Å². The van der Waals surface area contributed by atoms with Gasteiger partial charge in [0, 0.05) is 31.3 Å². The number of hydrogen-bond acceptors (Lipinski definition) is 6. The summed E-state index contributed by atoms with van der Waals surface area (Å²) in [6.07, 6.45) is 5.20. The first-order valence-electron chi connectivity index (χ1n) is 7.69. The molecule has 7 heteroatoms. The highest BCUT2D eigenvalue weighted by atomic mass is 32.2. The smallest absolute Gasteiger partial charge is 0.151 e. The Kier molecular flexibility index (Phi) is 5.99. The summed E-state index contributed by atoms with van der Waals surface area (Å²) in [5.74, 6) is 0. The number of hydrogen-bond donors (Lipinski definition) is 0. The highest BCUT2D eigenvalue weighted by Crippen LogP contribution is 2.29. The Morgan fingerprint density at radius 3 is 2.77 bits per heavy atom. The molecule has 0 aromatic carbocycles. The van der Waals surface area contributed by atoms with Crippen LogP contribution in [0.3, 0.4) is 0 Å². The van der Waals surface area contributed by atoms with Crippen LogP contribution in [0.25, 0.3) is 0 Å². The molecule has 1 fully saturated rings. The van der Waals surface area contributed by atoms with Crippen LogP contribution in [-0.4, -0.2) is 50.0 Å². The third kappa shape index (κ3) is 4.28. The molecular formula is C15H26N2O3S2. The van der Waals surface area contributed by atoms with Crippen molar-refractivity contribution < 1.29 is 13.2 Å². The first-order chi connectivity index (χ1) is 10.3. The van der Waals surface area contributed by atoms with Crippen LogP contribution in [0.1, 0.15) is 49.4 Å². The van der Waals surface area contributed by atoms with Crippen LogP contribution < -0.4 is 0 Å². The van der Waals surface area contributed by atoms with Gasteiger partial charge in [0.25, 0.3) is 0 Å². The summed E-state index contributed by atoms with van der Waals surface area (Å²) in [5, 5.41) is 2.76. The van der Waals surface area contributed by atoms with E-state index >= 15 is 0 Å². The van der Waals surface area contributed by atoms with Crippen LogP contribution in [0.5, 0.6) is 0 Å². The monoisotopic (exact) mass is 346 g/mol. The number of sulfone groups is 1. The third-order valence-corrected chi connectivity index (χ3v) is 7.17. The minimum absolute atomic E-state index is 0.00232. The van der Waals surface area contributed by atoms with Crippen molar-refractivity contribution in [1.29, 1.82) is 0 Å². The van der Waals surface area contributed by atoms with Crippen LogP contribution in [0.4, 0.5) is 0 Å². The lowest BCUT2D eigenvalue weighted by molar-refractivity contribution is 0.119. The van der Waals surface area contributed by atoms with E-state index in [0.717, 1.165) is 36.4 Å². The summed E-state index contributed by atoms with van der Waals surface area (Å²) in [4.78, 5) is 6.76. The van der Waals surface area contributed by atoms with Gasteiger partial charge in [0.1, 0.15) is 11.1 Å². The second-order valence-electron chi connectivity index (χ2n) is 6.19. The zero-order valence-corrected chi connectivity index (χ0v) is 15.4. The van der Waals surface area contributed by atoms with Gasteiger partial charge in [0.05, 0.1) is 10.9 Å². The highest BCUT2D eigenvalue weighted by Gasteiger charge is 2.35. The van der Waals surface area contributed by atoms with E-state index in [0.29, 0.717) is 6.54 Å². The van der Waals surface area contributed by atoms with Gasteiger partial charge in [-0.15, -0.1) is 11.3 Å². The van der Waals surface area contributed by atoms with Crippen molar-refractivity contribution in [2.45, 2.75) is 56.5 Å². The molecule has 0 N–H and O–H groups in total. The number of methoxy groups -OCH3 is 1. The maximum Gasteiger partial charge on any atom is 0.151 e. The normalized spacial score (nSPS) is 24.6. The largest absolute Gasteiger partial charge is 0.375 e. The van der Waals surface area contributed by atoms with E-state index in [1.165, 1.54) is 6.26 Å². The Hall–Kier alpha value is -0.500. The second kappa shape index (κ2) is 7.38. The van der Waals surface area contributed by atoms with Gasteiger partial charge >= 0.3 is 0 Å². The summed E-state index contributed by atoms with van der Waals surface area (Å²) in [6.45, 7) is 2.66. The van der Waals surface area contributed by atoms with E-state index in [9.17, 15) is 8.42 Å². The Morgan fingerprint density at radius 1 is 1.45 bits per heavy atom. The molecular weight excluding hydrogens is 320 g/mol. The van der Waals surface area contributed by atoms with Crippen LogP contribution in [0.15, 0.2) is 5.38 Å². The van der Waals surface area contributed by atoms with Gasteiger partial charge in [-0.05, 0) is 26.8 Å². The van der Waals surface area contributed by atoms with E-state index < -0.39 is 9.84 Å². The molecule has 1 aliphatic carbocycles. The molecule has 126 valence electrons. The maximum atomic E-state index is 12.0. The van der Waals surface area contributed by atoms with Crippen LogP contribution in [0.2, 0.25) is 0 Å². The van der Waals surface area contributed by atoms with Crippen molar-refractivity contribution >= 4 is 21.2 Å². The van der Waals surface area contributed by atoms with E-state index in [2.05, 4.69) is 9.88 Å². The first-order valence-corrected chi connectivity index (χ1v) is 10.5. The lowest BCUT2D eigenvalue weighted by Crippen LogP contribution is -2.46. The fourth-order valence-corrected chi connectivity index (χ4v) is 5.49. The molecule has 0 radical (unpaired) electrons. The third-order valence-electron chi connectivity index (χ3n) is 4.47. The molecule has 0 aliphatic heterocycles. The van der Waals surface area contributed by atoms with E-state index in [1.807, 2.05) is 19.4 Å². The maximum absolute atomic E-state index is 12.0. The molecule has 1 saturated carbocycles. The van der Waals surface area contributed by atoms with Gasteiger partial charge in [-0.1, -0.05) is 12.8 Å². The second-order valence-corrected chi connectivity index (χ2v) is 9.34. The summed E-state index contributed by atoms with van der Waals surface area (Å²) in [7, 11) is 0.680. The predicted molar refractivity (Wildman–Crippen MR) is 89.9 cm³/mol. The van der Waals surface area contributed by atoms with Gasteiger partial charge in [0.15, 0.2) is 9.84 Å². The summed E-state index contributed by atoms with van der Waals surface area (Å²) >= 11 is 1.60. The minimum Gasteiger partial charge on any atom is -0.375 e. The molecule has 0 unspecified atom stereocenters. The zero-order valence-electron chi connectivity index (χ0n) is 13.8. The fraction of sp³-hybridized carbons (Fsp3) is 0.800. The molecule has 0 amide bonds. The molecule has 2 rings (SSSR count). The Balaban J connectivity index is 2.07. The molecule has 0 bridgehead atoms. The number of rotatable bonds is 6. The van der Waals surface area contributed by atoms with Crippen molar-refractivity contribution in [2.75, 3.05) is 20.4 Å². The van der Waals surface area contributed by atoms with Crippen LogP contribution in [0, 0.1) is 0 Å². The van der Waals surface area contributed by atoms with Crippen LogP contribution in [-0.2, 0) is 21.1 Å². The molecule has 0 spiro atoms. The van der Waals surface area contributed by atoms with Crippen molar-refractivity contribution in [3.05, 3.63) is 16.1 Å². The number of ether oxygens (including phenoxy) is 1. The molecule has 0 saturated heterocycles. The van der Waals surface area contributed by atoms with E-state index in [1.54, 1.807) is 18.4 Å². The van der Waals surface area contributed by atoms with E-state index in [4.69, 9.17) is 4.74 Å². The van der Waals surface area contributed by atoms with Gasteiger partial charge in [0.2, 0.25) is 0 Å². The average Bonchev–Trinajstić information content (AvgIpc) is 2.94. The molecule has 1 aromatic heterocycles. The van der Waals surface area contributed by atoms with Gasteiger partial charge in [-0.2, -0.15) is 0 Å². The lowest BCUT2D eigenvalue weighted by Gasteiger charge is -2.36. The quantitative estimate of drug-likeness (QED) is 0.792. The number of thiazole rings is 1. The average molecular weight is 347 g/mol. The summed E-state index contributed by atoms with van der Waals surface area (Å²) in [5.41, 5.74) is 0.990. The molecule has 1 heterocycles. The van der Waals surface area contributed by atoms with Crippen molar-refractivity contribution in [2.24, 2.45) is 0 Å². The van der Waals surface area contributed by atoms with Crippen molar-refractivity contribution in [3.63, 3.8) is 0 Å². The lowest BCUT2D eigenvalue weighted by atomic mass is 9.94. The number of nitrogens with zero attached hydrogens (tertiary/aromatic N) is 2. The van der Waals surface area contributed by atoms with Crippen LogP contribution >= 0.6 is 11.3 Å². The highest BCUT2D eigenvalue weighted by molar-refractivity contribution is 7.91. The Bertz CT molecular complexity index is 585. The topological polar surface area (TPSA) is 59.5 Å². The Labute approximate surface area is 137 Å². The summed E-state index contributed by atoms with van der Waals surface area (Å²) in [6, 6.07) is 0.0914. The van der Waals surface area contributed by atoms with Gasteiger partial charge in [-0.3, -0.25) is 4.90 Å². The Morgan fingerprint density at radius 2 is 2.14 bits per heavy atom. The van der Waals surface area contributed by atoms with Crippen molar-refractivity contribution in [1.82, 2.24) is 9.88 Å². The first kappa shape index (κ1) is 17.8. The van der Waals surface area contributed by atoms with Crippen molar-refractivity contribution in [3.8, 4) is 0 Å². The molecule has 1 aromatic rings. The predicted octanol–water partition coefficient (Wildman–Crippen LogP) is 2.64. The molecule has 3 atom stereocenters. The fourth-order valence-electron chi connectivity index (χ4n) is 3.14. The standard InChI is InChI=1S/C15H26N2O3S2/c1-11(20-3)15-16-12(10-21-15)9-17(2)13-7-5-6-8-14(13)22(4,18)19/h10-11,13-14H,5-9H2,1-4H3/t11-,13-,14+/m1/s1. The molecule has 1 aliphatic rings. The minimum atomic E-state index is -3.00. The molecule has 22 heavy (non-hydrogen) atoms.